The topological polar surface area (TPSA) is 41.9 Å². The zero-order valence-corrected chi connectivity index (χ0v) is 18.2. The lowest BCUT2D eigenvalue weighted by Gasteiger charge is -2.13. The minimum Gasteiger partial charge on any atom is -0.331 e. The molecule has 0 aliphatic rings. The first-order valence-corrected chi connectivity index (χ1v) is 9.75. The summed E-state index contributed by atoms with van der Waals surface area (Å²) < 4.78 is 69.4. The fourth-order valence-corrected chi connectivity index (χ4v) is 3.38. The summed E-state index contributed by atoms with van der Waals surface area (Å²) in [4.78, 5) is 0. The van der Waals surface area contributed by atoms with E-state index < -0.39 is 41.2 Å². The van der Waals surface area contributed by atoms with Crippen LogP contribution in [0.25, 0.3) is 0 Å². The van der Waals surface area contributed by atoms with Gasteiger partial charge in [0.05, 0.1) is 39.9 Å². The number of benzene rings is 2. The van der Waals surface area contributed by atoms with Crippen molar-refractivity contribution in [3.63, 3.8) is 0 Å². The van der Waals surface area contributed by atoms with Gasteiger partial charge in [0.2, 0.25) is 5.82 Å². The van der Waals surface area contributed by atoms with Crippen LogP contribution in [-0.4, -0.2) is 14.9 Å². The Balaban J connectivity index is 1.87. The highest BCUT2D eigenvalue weighted by Gasteiger charge is 2.26. The predicted molar refractivity (Wildman–Crippen MR) is 113 cm³/mol. The summed E-state index contributed by atoms with van der Waals surface area (Å²) >= 11 is 17.3. The van der Waals surface area contributed by atoms with E-state index in [0.29, 0.717) is 32.8 Å². The van der Waals surface area contributed by atoms with Crippen molar-refractivity contribution in [3.8, 4) is 0 Å². The van der Waals surface area contributed by atoms with Crippen molar-refractivity contribution in [1.82, 2.24) is 9.78 Å². The van der Waals surface area contributed by atoms with Crippen LogP contribution in [0.4, 0.5) is 33.3 Å². The Morgan fingerprint density at radius 3 is 2.16 bits per heavy atom. The highest BCUT2D eigenvalue weighted by molar-refractivity contribution is 7.80. The molecule has 3 rings (SSSR count). The summed E-state index contributed by atoms with van der Waals surface area (Å²) in [5.74, 6) is -10.1. The van der Waals surface area contributed by atoms with Gasteiger partial charge in [0, 0.05) is 5.02 Å². The molecule has 4 nitrogen and oxygen atoms in total. The fourth-order valence-electron chi connectivity index (χ4n) is 2.83. The zero-order valence-electron chi connectivity index (χ0n) is 15.9. The number of hydrogen-bond donors (Lipinski definition) is 2. The maximum atomic E-state index is 14.0. The van der Waals surface area contributed by atoms with E-state index in [9.17, 15) is 22.0 Å². The molecule has 2 N–H and O–H groups in total. The molecule has 0 saturated carbocycles. The van der Waals surface area contributed by atoms with Crippen LogP contribution in [0.3, 0.4) is 0 Å². The monoisotopic (exact) mass is 494 g/mol. The Morgan fingerprint density at radius 2 is 1.55 bits per heavy atom. The average Bonchev–Trinajstić information content (AvgIpc) is 2.98. The lowest BCUT2D eigenvalue weighted by molar-refractivity contribution is 0.366. The van der Waals surface area contributed by atoms with Gasteiger partial charge in [-0.1, -0.05) is 23.2 Å². The van der Waals surface area contributed by atoms with E-state index in [1.165, 1.54) is 0 Å². The van der Waals surface area contributed by atoms with Crippen molar-refractivity contribution in [1.29, 1.82) is 0 Å². The number of rotatable bonds is 4. The molecule has 3 aromatic rings. The Kier molecular flexibility index (Phi) is 6.73. The Labute approximate surface area is 189 Å². The van der Waals surface area contributed by atoms with Crippen molar-refractivity contribution in [2.45, 2.75) is 20.4 Å². The van der Waals surface area contributed by atoms with Crippen LogP contribution in [0.2, 0.25) is 10.0 Å². The second-order valence-corrected chi connectivity index (χ2v) is 7.71. The van der Waals surface area contributed by atoms with Crippen molar-refractivity contribution in [3.05, 3.63) is 74.3 Å². The lowest BCUT2D eigenvalue weighted by atomic mass is 10.1. The summed E-state index contributed by atoms with van der Waals surface area (Å²) in [5, 5.41) is 10.8. The van der Waals surface area contributed by atoms with Gasteiger partial charge in [-0.2, -0.15) is 5.10 Å². The van der Waals surface area contributed by atoms with Crippen LogP contribution in [0.15, 0.2) is 18.2 Å². The van der Waals surface area contributed by atoms with E-state index in [2.05, 4.69) is 15.7 Å². The number of anilines is 2. The maximum absolute atomic E-state index is 14.0. The molecule has 2 aromatic carbocycles. The molecule has 0 aliphatic heterocycles. The van der Waals surface area contributed by atoms with Crippen LogP contribution in [0, 0.1) is 42.9 Å². The van der Waals surface area contributed by atoms with E-state index in [0.717, 1.165) is 4.68 Å². The molecule has 0 fully saturated rings. The highest BCUT2D eigenvalue weighted by Crippen LogP contribution is 2.28. The molecule has 0 bridgehead atoms. The Bertz CT molecular complexity index is 1170. The average molecular weight is 495 g/mol. The van der Waals surface area contributed by atoms with Crippen LogP contribution in [0.5, 0.6) is 0 Å². The van der Waals surface area contributed by atoms with Gasteiger partial charge >= 0.3 is 0 Å². The highest BCUT2D eigenvalue weighted by atomic mass is 35.5. The van der Waals surface area contributed by atoms with Gasteiger partial charge in [-0.25, -0.2) is 22.0 Å². The molecule has 1 aromatic heterocycles. The number of thiocarbonyl (C=S) groups is 1. The summed E-state index contributed by atoms with van der Waals surface area (Å²) in [6.45, 7) is 2.45. The molecule has 0 aliphatic carbocycles. The molecule has 0 amide bonds. The summed E-state index contributed by atoms with van der Waals surface area (Å²) in [6.07, 6.45) is 0. The number of hydrogen-bond acceptors (Lipinski definition) is 2. The molecule has 0 atom stereocenters. The first-order chi connectivity index (χ1) is 14.5. The first kappa shape index (κ1) is 23.2. The third-order valence-corrected chi connectivity index (χ3v) is 5.17. The van der Waals surface area contributed by atoms with E-state index in [1.807, 2.05) is 0 Å². The van der Waals surface area contributed by atoms with Gasteiger partial charge in [0.15, 0.2) is 28.4 Å². The second-order valence-electron chi connectivity index (χ2n) is 6.46. The third-order valence-electron chi connectivity index (χ3n) is 4.41. The van der Waals surface area contributed by atoms with Crippen LogP contribution < -0.4 is 10.6 Å². The molecular formula is C19H13Cl2F5N4S. The molecular weight excluding hydrogens is 482 g/mol. The number of aromatic nitrogens is 2. The van der Waals surface area contributed by atoms with E-state index in [-0.39, 0.29) is 5.11 Å². The minimum atomic E-state index is -2.22. The fraction of sp³-hybridized carbons (Fsp3) is 0.158. The Hall–Kier alpha value is -2.43. The quantitative estimate of drug-likeness (QED) is 0.191. The van der Waals surface area contributed by atoms with Crippen LogP contribution >= 0.6 is 35.4 Å². The maximum Gasteiger partial charge on any atom is 0.200 e. The van der Waals surface area contributed by atoms with Gasteiger partial charge in [-0.15, -0.1) is 0 Å². The molecule has 12 heteroatoms. The van der Waals surface area contributed by atoms with Crippen LogP contribution in [-0.2, 0) is 6.54 Å². The van der Waals surface area contributed by atoms with Crippen molar-refractivity contribution in [2.75, 3.05) is 10.6 Å². The van der Waals surface area contributed by atoms with E-state index >= 15 is 0 Å². The SMILES string of the molecule is Cc1nn(Cc2c(F)c(F)c(F)c(F)c2F)c(C)c1NC(=S)Nc1cc(Cl)ccc1Cl. The standard InChI is InChI=1S/C19H13Cl2F5N4S/c1-7-18(28-19(31)27-12-5-9(20)3-4-11(12)21)8(2)30(29-7)6-10-13(22)15(24)17(26)16(25)14(10)23/h3-5H,6H2,1-2H3,(H2,27,28,31). The van der Waals surface area contributed by atoms with E-state index in [1.54, 1.807) is 32.0 Å². The first-order valence-electron chi connectivity index (χ1n) is 8.58. The largest absolute Gasteiger partial charge is 0.331 e. The minimum absolute atomic E-state index is 0.117. The molecule has 1 heterocycles. The number of nitrogens with zero attached hydrogens (tertiary/aromatic N) is 2. The normalized spacial score (nSPS) is 11.0. The van der Waals surface area contributed by atoms with Gasteiger partial charge < -0.3 is 10.6 Å². The smallest absolute Gasteiger partial charge is 0.200 e. The van der Waals surface area contributed by atoms with Gasteiger partial charge in [-0.3, -0.25) is 4.68 Å². The molecule has 0 radical (unpaired) electrons. The summed E-state index contributed by atoms with van der Waals surface area (Å²) in [5.41, 5.74) is 0.556. The number of aryl methyl sites for hydroxylation is 1. The van der Waals surface area contributed by atoms with Crippen molar-refractivity contribution in [2.24, 2.45) is 0 Å². The number of halogens is 7. The van der Waals surface area contributed by atoms with Crippen LogP contribution in [0.1, 0.15) is 17.0 Å². The molecule has 0 unspecified atom stereocenters. The zero-order chi connectivity index (χ0) is 23.0. The summed E-state index contributed by atoms with van der Waals surface area (Å²) in [6, 6.07) is 4.74. The molecule has 164 valence electrons. The van der Waals surface area contributed by atoms with Crippen molar-refractivity contribution < 1.29 is 22.0 Å². The molecule has 0 spiro atoms. The van der Waals surface area contributed by atoms with Gasteiger partial charge in [0.1, 0.15) is 0 Å². The lowest BCUT2D eigenvalue weighted by Crippen LogP contribution is -2.20. The third kappa shape index (κ3) is 4.60. The predicted octanol–water partition coefficient (Wildman–Crippen LogP) is 6.36. The molecule has 31 heavy (non-hydrogen) atoms. The number of nitrogens with one attached hydrogen (secondary N) is 2. The van der Waals surface area contributed by atoms with Crippen molar-refractivity contribution >= 4 is 51.9 Å². The summed E-state index contributed by atoms with van der Waals surface area (Å²) in [7, 11) is 0. The second kappa shape index (κ2) is 8.97. The van der Waals surface area contributed by atoms with Gasteiger partial charge in [-0.05, 0) is 44.3 Å². The van der Waals surface area contributed by atoms with Gasteiger partial charge in [0.25, 0.3) is 0 Å². The Morgan fingerprint density at radius 1 is 0.968 bits per heavy atom. The molecule has 0 saturated heterocycles. The van der Waals surface area contributed by atoms with E-state index in [4.69, 9.17) is 35.4 Å².